The molecule has 0 aliphatic carbocycles. The number of nitrogens with zero attached hydrogens (tertiary/aromatic N) is 4. The maximum absolute atomic E-state index is 14.5. The van der Waals surface area contributed by atoms with Gasteiger partial charge in [-0.1, -0.05) is 46.4 Å². The Morgan fingerprint density at radius 2 is 1.08 bits per heavy atom. The normalized spacial score (nSPS) is 11.4. The number of carbonyl (C=O) groups excluding carboxylic acids is 1. The Labute approximate surface area is 459 Å². The number of carbonyl (C=O) groups is 2. The van der Waals surface area contributed by atoms with Crippen molar-refractivity contribution in [3.05, 3.63) is 199 Å². The molecule has 76 heavy (non-hydrogen) atoms. The summed E-state index contributed by atoms with van der Waals surface area (Å²) in [6.45, 7) is 0.152. The van der Waals surface area contributed by atoms with Gasteiger partial charge in [-0.05, 0) is 96.1 Å². The molecule has 0 aliphatic heterocycles. The fourth-order valence-corrected chi connectivity index (χ4v) is 10.5. The Balaban J connectivity index is 0.000000185. The molecule has 0 spiro atoms. The summed E-state index contributed by atoms with van der Waals surface area (Å²) in [7, 11) is -7.06. The fourth-order valence-electron chi connectivity index (χ4n) is 7.99. The van der Waals surface area contributed by atoms with Gasteiger partial charge >= 0.3 is 5.97 Å². The highest BCUT2D eigenvalue weighted by atomic mass is 35.5. The van der Waals surface area contributed by atoms with E-state index in [2.05, 4.69) is 35.2 Å². The van der Waals surface area contributed by atoms with Crippen molar-refractivity contribution in [3.63, 3.8) is 0 Å². The van der Waals surface area contributed by atoms with E-state index in [9.17, 15) is 35.2 Å². The number of fused-ring (bicyclic) bond motifs is 4. The van der Waals surface area contributed by atoms with Crippen molar-refractivity contribution in [2.24, 2.45) is 5.73 Å². The first-order valence-corrected chi connectivity index (χ1v) is 27.4. The minimum atomic E-state index is -3.56. The van der Waals surface area contributed by atoms with E-state index in [1.807, 2.05) is 0 Å². The zero-order chi connectivity index (χ0) is 53.9. The predicted molar refractivity (Wildman–Crippen MR) is 294 cm³/mol. The number of sulfone groups is 2. The number of rotatable bonds is 11. The van der Waals surface area contributed by atoms with Crippen molar-refractivity contribution in [2.75, 3.05) is 12.5 Å². The van der Waals surface area contributed by atoms with E-state index in [1.165, 1.54) is 55.1 Å². The topological polar surface area (TPSA) is 244 Å². The molecule has 0 radical (unpaired) electrons. The standard InChI is InChI=1S/C26H19Cl2FN4O3S.C17H13ClN2O4S.C9H8ClFN2.ClH/c1-37(35,36)24-6-14(4-16-7-18(27)12-32-25(16)24)5-19-8-15(2-3-30-19)26(34)33-11-17-9-20-21(28)13-31-23(20)10-22(17)29;1-25(23,24)15-6-10(4-12-7-13(18)9-20-16(12)15)5-14-8-11(17(21)22)2-3-19-14;10-7-4-13-9-2-8(11)5(3-12)1-6(7)9;/h2-4,6-10,12-13,31H,5,11H2,1H3,(H,33,34);2-4,6-9H,5H2,1H3,(H,21,22);1-2,4,13H,3,12H2;1H. The largest absolute Gasteiger partial charge is 0.478 e. The van der Waals surface area contributed by atoms with Gasteiger partial charge in [0.2, 0.25) is 0 Å². The summed E-state index contributed by atoms with van der Waals surface area (Å²) in [6, 6.07) is 22.0. The van der Waals surface area contributed by atoms with E-state index in [1.54, 1.807) is 67.0 Å². The number of benzene rings is 4. The number of carboxylic acid groups (broad SMARTS) is 1. The van der Waals surface area contributed by atoms with Crippen LogP contribution in [0.5, 0.6) is 0 Å². The van der Waals surface area contributed by atoms with Crippen LogP contribution in [-0.4, -0.2) is 76.2 Å². The van der Waals surface area contributed by atoms with Crippen LogP contribution >= 0.6 is 58.8 Å². The second-order valence-electron chi connectivity index (χ2n) is 17.1. The Morgan fingerprint density at radius 1 is 0.632 bits per heavy atom. The monoisotopic (exact) mass is 1170 g/mol. The zero-order valence-electron chi connectivity index (χ0n) is 39.6. The third-order valence-electron chi connectivity index (χ3n) is 11.5. The number of carboxylic acids is 1. The van der Waals surface area contributed by atoms with Gasteiger partial charge in [-0.2, -0.15) is 0 Å². The molecule has 6 heterocycles. The molecule has 6 N–H and O–H groups in total. The number of hydrogen-bond donors (Lipinski definition) is 5. The van der Waals surface area contributed by atoms with Crippen LogP contribution in [0.15, 0.2) is 132 Å². The van der Waals surface area contributed by atoms with Gasteiger partial charge in [-0.25, -0.2) is 30.4 Å². The summed E-state index contributed by atoms with van der Waals surface area (Å²) in [4.78, 5) is 46.6. The highest BCUT2D eigenvalue weighted by Crippen LogP contribution is 2.30. The molecule has 0 saturated heterocycles. The predicted octanol–water partition coefficient (Wildman–Crippen LogP) is 11.3. The first-order chi connectivity index (χ1) is 35.5. The number of pyridine rings is 4. The minimum Gasteiger partial charge on any atom is -0.478 e. The van der Waals surface area contributed by atoms with E-state index in [-0.39, 0.29) is 59.5 Å². The van der Waals surface area contributed by atoms with Crippen molar-refractivity contribution in [2.45, 2.75) is 35.7 Å². The first kappa shape index (κ1) is 56.9. The number of halogens is 7. The van der Waals surface area contributed by atoms with Crippen LogP contribution in [0.25, 0.3) is 43.6 Å². The average molecular weight is 1170 g/mol. The van der Waals surface area contributed by atoms with Gasteiger partial charge in [0, 0.05) is 136 Å². The first-order valence-electron chi connectivity index (χ1n) is 22.1. The third kappa shape index (κ3) is 13.4. The number of nitrogens with one attached hydrogen (secondary N) is 3. The fraction of sp³-hybridized carbons (Fsp3) is 0.115. The number of nitrogens with two attached hydrogens (primary N) is 1. The molecule has 6 aromatic heterocycles. The highest BCUT2D eigenvalue weighted by molar-refractivity contribution is 7.91. The Bertz CT molecular complexity index is 4130. The quantitative estimate of drug-likeness (QED) is 0.0812. The highest BCUT2D eigenvalue weighted by Gasteiger charge is 2.19. The molecule has 392 valence electrons. The number of amides is 1. The van der Waals surface area contributed by atoms with Crippen LogP contribution in [0, 0.1) is 11.6 Å². The summed E-state index contributed by atoms with van der Waals surface area (Å²) in [5.41, 5.74) is 11.0. The second kappa shape index (κ2) is 23.6. The lowest BCUT2D eigenvalue weighted by Crippen LogP contribution is -2.23. The van der Waals surface area contributed by atoms with Gasteiger partial charge in [0.05, 0.1) is 46.5 Å². The third-order valence-corrected chi connectivity index (χ3v) is 14.8. The zero-order valence-corrected chi connectivity index (χ0v) is 45.1. The Morgan fingerprint density at radius 3 is 1.54 bits per heavy atom. The van der Waals surface area contributed by atoms with Crippen LogP contribution in [0.4, 0.5) is 8.78 Å². The van der Waals surface area contributed by atoms with E-state index in [0.717, 1.165) is 17.9 Å². The molecule has 4 aromatic carbocycles. The van der Waals surface area contributed by atoms with E-state index >= 15 is 0 Å². The lowest BCUT2D eigenvalue weighted by Gasteiger charge is -2.10. The van der Waals surface area contributed by atoms with Gasteiger partial charge in [0.1, 0.15) is 11.6 Å². The number of aromatic carboxylic acids is 1. The van der Waals surface area contributed by atoms with E-state index in [4.69, 9.17) is 57.2 Å². The molecule has 1 amide bonds. The van der Waals surface area contributed by atoms with Crippen LogP contribution in [-0.2, 0) is 45.6 Å². The molecular weight excluding hydrogens is 1130 g/mol. The molecule has 15 nitrogen and oxygen atoms in total. The van der Waals surface area contributed by atoms with Crippen LogP contribution in [0.1, 0.15) is 54.4 Å². The molecule has 0 unspecified atom stereocenters. The van der Waals surface area contributed by atoms with Crippen LogP contribution in [0.3, 0.4) is 0 Å². The minimum absolute atomic E-state index is 0. The number of aromatic nitrogens is 6. The van der Waals surface area contributed by atoms with Crippen molar-refractivity contribution in [1.82, 2.24) is 35.2 Å². The molecule has 0 fully saturated rings. The lowest BCUT2D eigenvalue weighted by atomic mass is 10.0. The summed E-state index contributed by atoms with van der Waals surface area (Å²) in [6.07, 6.45) is 11.7. The SMILES string of the molecule is CS(=O)(=O)c1cc(Cc2cc(C(=O)NCc3cc4c(Cl)c[nH]c4cc3F)ccn2)cc2cc(Cl)cnc12.CS(=O)(=O)c1cc(Cc2cc(C(=O)O)ccn2)cc2cc(Cl)cnc12.Cl.NCc1cc2c(Cl)c[nH]c2cc1F. The van der Waals surface area contributed by atoms with Crippen molar-refractivity contribution >= 4 is 134 Å². The maximum atomic E-state index is 14.5. The number of hydrogen-bond acceptors (Lipinski definition) is 11. The van der Waals surface area contributed by atoms with E-state index < -0.39 is 37.4 Å². The van der Waals surface area contributed by atoms with Gasteiger partial charge in [-0.15, -0.1) is 12.4 Å². The smallest absolute Gasteiger partial charge is 0.335 e. The van der Waals surface area contributed by atoms with Gasteiger partial charge in [0.15, 0.2) is 19.7 Å². The Hall–Kier alpha value is -6.81. The van der Waals surface area contributed by atoms with Gasteiger partial charge in [0.25, 0.3) is 5.91 Å². The summed E-state index contributed by atoms with van der Waals surface area (Å²) >= 11 is 24.0. The summed E-state index contributed by atoms with van der Waals surface area (Å²) in [5, 5.41) is 16.3. The van der Waals surface area contributed by atoms with E-state index in [0.29, 0.717) is 97.5 Å². The van der Waals surface area contributed by atoms with Crippen molar-refractivity contribution in [3.8, 4) is 0 Å². The number of aromatic amines is 2. The van der Waals surface area contributed by atoms with Crippen LogP contribution in [0.2, 0.25) is 20.1 Å². The Kier molecular flexibility index (Phi) is 17.7. The maximum Gasteiger partial charge on any atom is 0.335 e. The number of H-pyrrole nitrogens is 2. The molecule has 0 bridgehead atoms. The second-order valence-corrected chi connectivity index (χ2v) is 22.7. The lowest BCUT2D eigenvalue weighted by molar-refractivity contribution is 0.0696. The molecule has 0 aliphatic rings. The molecule has 24 heteroatoms. The van der Waals surface area contributed by atoms with Crippen molar-refractivity contribution < 1.29 is 40.3 Å². The summed E-state index contributed by atoms with van der Waals surface area (Å²) < 4.78 is 76.7. The molecular formula is C52H41Cl5F2N8O7S2. The molecule has 10 rings (SSSR count). The molecule has 0 atom stereocenters. The molecule has 0 saturated carbocycles. The molecule has 10 aromatic rings. The average Bonchev–Trinajstić information content (AvgIpc) is 3.92. The van der Waals surface area contributed by atoms with Crippen LogP contribution < -0.4 is 11.1 Å². The van der Waals surface area contributed by atoms with Gasteiger partial charge in [-0.3, -0.25) is 24.7 Å². The summed E-state index contributed by atoms with van der Waals surface area (Å²) in [5.74, 6) is -2.22. The van der Waals surface area contributed by atoms with Gasteiger partial charge < -0.3 is 26.1 Å². The van der Waals surface area contributed by atoms with Crippen molar-refractivity contribution in [1.29, 1.82) is 0 Å².